The smallest absolute Gasteiger partial charge is 0.328 e. The predicted molar refractivity (Wildman–Crippen MR) is 73.4 cm³/mol. The van der Waals surface area contributed by atoms with Crippen molar-refractivity contribution in [2.75, 3.05) is 26.7 Å². The van der Waals surface area contributed by atoms with Crippen molar-refractivity contribution in [1.29, 1.82) is 0 Å². The molecule has 1 N–H and O–H groups in total. The molecule has 19 heavy (non-hydrogen) atoms. The molecule has 0 spiro atoms. The second kappa shape index (κ2) is 11.7. The number of quaternary nitrogens is 1. The highest BCUT2D eigenvalue weighted by Crippen LogP contribution is 2.06. The Morgan fingerprint density at radius 1 is 1.00 bits per heavy atom. The summed E-state index contributed by atoms with van der Waals surface area (Å²) >= 11 is 0. The summed E-state index contributed by atoms with van der Waals surface area (Å²) < 4.78 is 1.28. The number of hydrogen-bond donors (Lipinski definition) is 1. The average molecular weight is 273 g/mol. The molecule has 0 amide bonds. The van der Waals surface area contributed by atoms with Gasteiger partial charge in [-0.05, 0) is 25.3 Å². The first-order valence-electron chi connectivity index (χ1n) is 6.76. The van der Waals surface area contributed by atoms with E-state index in [-0.39, 0.29) is 0 Å². The summed E-state index contributed by atoms with van der Waals surface area (Å²) in [5, 5.41) is 17.2. The maximum atomic E-state index is 9.53. The summed E-state index contributed by atoms with van der Waals surface area (Å²) in [6.45, 7) is 10.9. The van der Waals surface area contributed by atoms with Crippen LogP contribution in [0.1, 0.15) is 40.0 Å². The molecule has 5 nitrogen and oxygen atoms in total. The molecule has 0 aliphatic heterocycles. The Morgan fingerprint density at radius 2 is 1.37 bits per heavy atom. The van der Waals surface area contributed by atoms with Crippen molar-refractivity contribution >= 4 is 11.9 Å². The molecule has 0 rings (SSSR count). The normalized spacial score (nSPS) is 10.9. The standard InChI is InChI=1S/C10H24N.C4H4O4/c1-5-8-11(4,9-6-2)10-7-3;5-3(6)1-2-4(7)8/h5-10H2,1-4H3;1-2H,(H,5,6)(H,7,8)/q+1;/p-1/b;2-1-. The molecule has 0 atom stereocenters. The van der Waals surface area contributed by atoms with E-state index in [1.807, 2.05) is 0 Å². The molecule has 112 valence electrons. The zero-order valence-corrected chi connectivity index (χ0v) is 12.5. The van der Waals surface area contributed by atoms with Gasteiger partial charge >= 0.3 is 5.97 Å². The van der Waals surface area contributed by atoms with E-state index in [1.165, 1.54) is 43.4 Å². The molecule has 0 bridgehead atoms. The van der Waals surface area contributed by atoms with E-state index >= 15 is 0 Å². The van der Waals surface area contributed by atoms with Crippen LogP contribution in [0.15, 0.2) is 12.2 Å². The molecule has 0 aromatic heterocycles. The van der Waals surface area contributed by atoms with E-state index in [0.29, 0.717) is 12.2 Å². The van der Waals surface area contributed by atoms with Crippen LogP contribution in [0.5, 0.6) is 0 Å². The van der Waals surface area contributed by atoms with Gasteiger partial charge in [-0.15, -0.1) is 0 Å². The Hall–Kier alpha value is -1.36. The SMILES string of the molecule is CCC[N+](C)(CCC)CCC.O=C([O-])/C=C\C(=O)O. The zero-order chi connectivity index (χ0) is 15.3. The summed E-state index contributed by atoms with van der Waals surface area (Å²) in [6, 6.07) is 0. The van der Waals surface area contributed by atoms with Crippen molar-refractivity contribution in [2.24, 2.45) is 0 Å². The number of carbonyl (C=O) groups is 2. The number of hydrogen-bond acceptors (Lipinski definition) is 3. The van der Waals surface area contributed by atoms with E-state index in [1.54, 1.807) is 0 Å². The first kappa shape index (κ1) is 20.0. The van der Waals surface area contributed by atoms with E-state index in [9.17, 15) is 14.7 Å². The van der Waals surface area contributed by atoms with Crippen molar-refractivity contribution in [3.8, 4) is 0 Å². The van der Waals surface area contributed by atoms with Gasteiger partial charge in [0, 0.05) is 6.08 Å². The van der Waals surface area contributed by atoms with Gasteiger partial charge in [0.2, 0.25) is 0 Å². The van der Waals surface area contributed by atoms with Crippen LogP contribution in [0.4, 0.5) is 0 Å². The minimum absolute atomic E-state index is 0.447. The Kier molecular flexibility index (Phi) is 12.3. The molecular weight excluding hydrogens is 246 g/mol. The fourth-order valence-electron chi connectivity index (χ4n) is 2.09. The minimum Gasteiger partial charge on any atom is -0.545 e. The third-order valence-corrected chi connectivity index (χ3v) is 2.65. The number of aliphatic carboxylic acids is 2. The Bertz CT molecular complexity index is 254. The highest BCUT2D eigenvalue weighted by atomic mass is 16.4. The Morgan fingerprint density at radius 3 is 1.53 bits per heavy atom. The van der Waals surface area contributed by atoms with Crippen LogP contribution in [-0.2, 0) is 9.59 Å². The topological polar surface area (TPSA) is 77.4 Å². The lowest BCUT2D eigenvalue weighted by molar-refractivity contribution is -0.909. The first-order chi connectivity index (χ1) is 8.81. The first-order valence-corrected chi connectivity index (χ1v) is 6.76. The van der Waals surface area contributed by atoms with Crippen LogP contribution < -0.4 is 5.11 Å². The maximum absolute atomic E-state index is 9.53. The van der Waals surface area contributed by atoms with Crippen LogP contribution in [-0.4, -0.2) is 48.2 Å². The lowest BCUT2D eigenvalue weighted by Crippen LogP contribution is -2.45. The van der Waals surface area contributed by atoms with Crippen molar-refractivity contribution in [1.82, 2.24) is 0 Å². The summed E-state index contributed by atoms with van der Waals surface area (Å²) in [4.78, 5) is 19.0. The molecule has 0 aromatic rings. The number of rotatable bonds is 8. The number of nitrogens with zero attached hydrogens (tertiary/aromatic N) is 1. The van der Waals surface area contributed by atoms with Gasteiger partial charge in [0.25, 0.3) is 0 Å². The highest BCUT2D eigenvalue weighted by Gasteiger charge is 2.16. The lowest BCUT2D eigenvalue weighted by atomic mass is 10.2. The monoisotopic (exact) mass is 273 g/mol. The molecule has 0 fully saturated rings. The molecule has 0 aromatic carbocycles. The van der Waals surface area contributed by atoms with Gasteiger partial charge in [-0.1, -0.05) is 20.8 Å². The fourth-order valence-corrected chi connectivity index (χ4v) is 2.09. The average Bonchev–Trinajstić information content (AvgIpc) is 2.28. The summed E-state index contributed by atoms with van der Waals surface area (Å²) in [6.07, 6.45) is 4.89. The summed E-state index contributed by atoms with van der Waals surface area (Å²) in [5.74, 6) is -2.80. The van der Waals surface area contributed by atoms with E-state index in [4.69, 9.17) is 5.11 Å². The summed E-state index contributed by atoms with van der Waals surface area (Å²) in [7, 11) is 2.39. The van der Waals surface area contributed by atoms with Crippen LogP contribution >= 0.6 is 0 Å². The van der Waals surface area contributed by atoms with Gasteiger partial charge < -0.3 is 19.5 Å². The third kappa shape index (κ3) is 14.6. The van der Waals surface area contributed by atoms with Gasteiger partial charge in [-0.25, -0.2) is 4.79 Å². The fraction of sp³-hybridized carbons (Fsp3) is 0.714. The number of carboxylic acids is 2. The molecule has 0 saturated heterocycles. The van der Waals surface area contributed by atoms with Crippen molar-refractivity contribution in [3.05, 3.63) is 12.2 Å². The van der Waals surface area contributed by atoms with Gasteiger partial charge in [0.15, 0.2) is 0 Å². The van der Waals surface area contributed by atoms with E-state index in [0.717, 1.165) is 0 Å². The van der Waals surface area contributed by atoms with Gasteiger partial charge in [-0.2, -0.15) is 0 Å². The van der Waals surface area contributed by atoms with Gasteiger partial charge in [0.05, 0.1) is 32.7 Å². The summed E-state index contributed by atoms with van der Waals surface area (Å²) in [5.41, 5.74) is 0. The second-order valence-corrected chi connectivity index (χ2v) is 4.78. The van der Waals surface area contributed by atoms with E-state index in [2.05, 4.69) is 27.8 Å². The lowest BCUT2D eigenvalue weighted by Gasteiger charge is -2.33. The molecule has 5 heteroatoms. The van der Waals surface area contributed by atoms with Crippen molar-refractivity contribution < 1.29 is 24.3 Å². The van der Waals surface area contributed by atoms with Gasteiger partial charge in [0.1, 0.15) is 0 Å². The van der Waals surface area contributed by atoms with E-state index < -0.39 is 11.9 Å². The molecule has 0 unspecified atom stereocenters. The Labute approximate surface area is 116 Å². The van der Waals surface area contributed by atoms with Crippen molar-refractivity contribution in [2.45, 2.75) is 40.0 Å². The molecule has 0 saturated carbocycles. The molecule has 0 radical (unpaired) electrons. The Balaban J connectivity index is 0. The van der Waals surface area contributed by atoms with Gasteiger partial charge in [-0.3, -0.25) is 0 Å². The third-order valence-electron chi connectivity index (χ3n) is 2.65. The van der Waals surface area contributed by atoms with Crippen LogP contribution in [0.2, 0.25) is 0 Å². The maximum Gasteiger partial charge on any atom is 0.328 e. The van der Waals surface area contributed by atoms with Crippen LogP contribution in [0.25, 0.3) is 0 Å². The van der Waals surface area contributed by atoms with Crippen LogP contribution in [0, 0.1) is 0 Å². The second-order valence-electron chi connectivity index (χ2n) is 4.78. The zero-order valence-electron chi connectivity index (χ0n) is 12.5. The number of carboxylic acid groups (broad SMARTS) is 2. The highest BCUT2D eigenvalue weighted by molar-refractivity contribution is 5.88. The quantitative estimate of drug-likeness (QED) is 0.529. The molecule has 0 aliphatic rings. The number of carbonyl (C=O) groups excluding carboxylic acids is 1. The molecular formula is C14H27NO4. The largest absolute Gasteiger partial charge is 0.545 e. The molecule has 0 heterocycles. The minimum atomic E-state index is -1.51. The molecule has 0 aliphatic carbocycles. The predicted octanol–water partition coefficient (Wildman–Crippen LogP) is 1.04. The van der Waals surface area contributed by atoms with Crippen LogP contribution in [0.3, 0.4) is 0 Å². The van der Waals surface area contributed by atoms with Crippen molar-refractivity contribution in [3.63, 3.8) is 0 Å².